The van der Waals surface area contributed by atoms with Crippen molar-refractivity contribution in [1.82, 2.24) is 0 Å². The molecule has 0 bridgehead atoms. The van der Waals surface area contributed by atoms with Crippen LogP contribution in [0.25, 0.3) is 145 Å². The van der Waals surface area contributed by atoms with E-state index in [9.17, 15) is 0 Å². The molecule has 0 fully saturated rings. The van der Waals surface area contributed by atoms with E-state index in [2.05, 4.69) is 303 Å². The third-order valence-electron chi connectivity index (χ3n) is 15.4. The first-order valence-electron chi connectivity index (χ1n) is 26.3. The predicted molar refractivity (Wildman–Crippen MR) is 329 cm³/mol. The fraction of sp³-hybridized carbons (Fsp3) is 0. The van der Waals surface area contributed by atoms with Gasteiger partial charge in [-0.3, -0.25) is 0 Å². The standard InChI is InChI=1S/C76H50/c1-3-19-51(20-4-1)35-37-53-39-43-55(44-40-53)72-64-27-11-15-31-68(64)75(69-32-16-12-28-65(69)72)60-48-59(74-62-25-9-7-23-57(62)47-58-24-8-10-26-63(58)74)49-61(50-60)76-70-33-17-13-29-66(70)73(67-30-14-18-34-71(67)76)56-45-41-54(42-46-56)38-36-52-21-5-2-6-22-52/h1-50H/b37-35+,38-36?. The Morgan fingerprint density at radius 1 is 0.158 bits per heavy atom. The van der Waals surface area contributed by atoms with Crippen LogP contribution in [-0.4, -0.2) is 0 Å². The molecule has 14 aromatic rings. The highest BCUT2D eigenvalue weighted by Crippen LogP contribution is 2.50. The predicted octanol–water partition coefficient (Wildman–Crippen LogP) is 21.3. The van der Waals surface area contributed by atoms with E-state index in [1.807, 2.05) is 0 Å². The topological polar surface area (TPSA) is 0 Å². The van der Waals surface area contributed by atoms with E-state index < -0.39 is 0 Å². The van der Waals surface area contributed by atoms with Crippen molar-refractivity contribution in [1.29, 1.82) is 0 Å². The van der Waals surface area contributed by atoms with Crippen LogP contribution in [0.15, 0.2) is 279 Å². The molecular formula is C76H50. The molecule has 0 saturated heterocycles. The second-order valence-electron chi connectivity index (χ2n) is 19.9. The van der Waals surface area contributed by atoms with Gasteiger partial charge in [0, 0.05) is 0 Å². The lowest BCUT2D eigenvalue weighted by molar-refractivity contribution is 1.61. The minimum atomic E-state index is 1.17. The molecular weight excluding hydrogens is 913 g/mol. The van der Waals surface area contributed by atoms with E-state index in [4.69, 9.17) is 0 Å². The summed E-state index contributed by atoms with van der Waals surface area (Å²) in [6.07, 6.45) is 8.77. The third-order valence-corrected chi connectivity index (χ3v) is 15.4. The number of rotatable bonds is 9. The van der Waals surface area contributed by atoms with Crippen LogP contribution >= 0.6 is 0 Å². The minimum absolute atomic E-state index is 1.17. The lowest BCUT2D eigenvalue weighted by atomic mass is 9.81. The molecule has 0 amide bonds. The summed E-state index contributed by atoms with van der Waals surface area (Å²) in [7, 11) is 0. The molecule has 0 saturated carbocycles. The number of benzene rings is 14. The summed E-state index contributed by atoms with van der Waals surface area (Å²) in [5, 5.41) is 14.8. The average molecular weight is 963 g/mol. The van der Waals surface area contributed by atoms with Gasteiger partial charge in [0.15, 0.2) is 0 Å². The molecule has 0 atom stereocenters. The van der Waals surface area contributed by atoms with Gasteiger partial charge in [-0.15, -0.1) is 0 Å². The van der Waals surface area contributed by atoms with Gasteiger partial charge >= 0.3 is 0 Å². The minimum Gasteiger partial charge on any atom is -0.0622 e. The molecule has 0 radical (unpaired) electrons. The Balaban J connectivity index is 1.02. The van der Waals surface area contributed by atoms with E-state index in [0.717, 1.165) is 0 Å². The third kappa shape index (κ3) is 8.05. The van der Waals surface area contributed by atoms with E-state index >= 15 is 0 Å². The second kappa shape index (κ2) is 19.2. The molecule has 14 aromatic carbocycles. The van der Waals surface area contributed by atoms with E-state index in [1.165, 1.54) is 143 Å². The molecule has 0 aliphatic carbocycles. The Hall–Kier alpha value is -9.88. The molecule has 0 aliphatic rings. The van der Waals surface area contributed by atoms with Crippen molar-refractivity contribution in [3.8, 4) is 55.6 Å². The van der Waals surface area contributed by atoms with Crippen LogP contribution in [0.3, 0.4) is 0 Å². The monoisotopic (exact) mass is 962 g/mol. The van der Waals surface area contributed by atoms with Crippen LogP contribution in [0.1, 0.15) is 22.3 Å². The summed E-state index contributed by atoms with van der Waals surface area (Å²) >= 11 is 0. The molecule has 0 unspecified atom stereocenters. The molecule has 0 aromatic heterocycles. The Morgan fingerprint density at radius 2 is 0.382 bits per heavy atom. The molecule has 354 valence electrons. The van der Waals surface area contributed by atoms with Crippen molar-refractivity contribution in [2.75, 3.05) is 0 Å². The summed E-state index contributed by atoms with van der Waals surface area (Å²) in [6.45, 7) is 0. The normalized spacial score (nSPS) is 11.8. The van der Waals surface area contributed by atoms with Crippen LogP contribution in [0.5, 0.6) is 0 Å². The van der Waals surface area contributed by atoms with Gasteiger partial charge in [0.1, 0.15) is 0 Å². The van der Waals surface area contributed by atoms with Gasteiger partial charge in [0.2, 0.25) is 0 Å². The van der Waals surface area contributed by atoms with Crippen molar-refractivity contribution >= 4 is 88.9 Å². The van der Waals surface area contributed by atoms with E-state index in [0.29, 0.717) is 0 Å². The van der Waals surface area contributed by atoms with Gasteiger partial charge in [-0.25, -0.2) is 0 Å². The maximum Gasteiger partial charge on any atom is -0.00259 e. The zero-order valence-corrected chi connectivity index (χ0v) is 41.9. The number of hydrogen-bond acceptors (Lipinski definition) is 0. The van der Waals surface area contributed by atoms with Crippen LogP contribution in [0.4, 0.5) is 0 Å². The Bertz CT molecular complexity index is 4180. The van der Waals surface area contributed by atoms with Crippen LogP contribution in [0, 0.1) is 0 Å². The Labute approximate surface area is 443 Å². The first-order valence-corrected chi connectivity index (χ1v) is 26.3. The molecule has 14 rings (SSSR count). The SMILES string of the molecule is C(=Cc1ccc(-c2c3ccccc3c(-c3cc(-c4c5ccccc5cc5ccccc45)cc(-c4c5ccccc5c(-c5ccc(/C=C/c6ccccc6)cc5)c5ccccc45)c3)c3ccccc23)cc1)c1ccccc1. The maximum atomic E-state index is 2.49. The van der Waals surface area contributed by atoms with Crippen LogP contribution in [-0.2, 0) is 0 Å². The van der Waals surface area contributed by atoms with Gasteiger partial charge in [-0.1, -0.05) is 279 Å². The fourth-order valence-electron chi connectivity index (χ4n) is 11.9. The molecule has 0 spiro atoms. The number of hydrogen-bond donors (Lipinski definition) is 0. The Morgan fingerprint density at radius 3 is 0.684 bits per heavy atom. The van der Waals surface area contributed by atoms with E-state index in [1.54, 1.807) is 0 Å². The number of fused-ring (bicyclic) bond motifs is 6. The summed E-state index contributed by atoms with van der Waals surface area (Å²) in [4.78, 5) is 0. The summed E-state index contributed by atoms with van der Waals surface area (Å²) in [5.41, 5.74) is 16.9. The van der Waals surface area contributed by atoms with Gasteiger partial charge in [-0.05, 0) is 167 Å². The van der Waals surface area contributed by atoms with Gasteiger partial charge < -0.3 is 0 Å². The fourth-order valence-corrected chi connectivity index (χ4v) is 11.9. The highest BCUT2D eigenvalue weighted by Gasteiger charge is 2.22. The largest absolute Gasteiger partial charge is 0.0622 e. The highest BCUT2D eigenvalue weighted by molar-refractivity contribution is 6.25. The zero-order chi connectivity index (χ0) is 50.4. The Kier molecular flexibility index (Phi) is 11.3. The summed E-state index contributed by atoms with van der Waals surface area (Å²) in [5.74, 6) is 0. The first kappa shape index (κ1) is 44.8. The molecule has 0 N–H and O–H groups in total. The first-order chi connectivity index (χ1) is 37.7. The highest BCUT2D eigenvalue weighted by atomic mass is 14.3. The smallest absolute Gasteiger partial charge is 0.00259 e. The lowest BCUT2D eigenvalue weighted by Crippen LogP contribution is -1.95. The lowest BCUT2D eigenvalue weighted by Gasteiger charge is -2.22. The maximum absolute atomic E-state index is 2.49. The average Bonchev–Trinajstić information content (AvgIpc) is 3.59. The van der Waals surface area contributed by atoms with Gasteiger partial charge in [-0.2, -0.15) is 0 Å². The quantitative estimate of drug-likeness (QED) is 0.0999. The molecule has 0 nitrogen and oxygen atoms in total. The summed E-state index contributed by atoms with van der Waals surface area (Å²) < 4.78 is 0. The zero-order valence-electron chi connectivity index (χ0n) is 41.9. The molecule has 0 heterocycles. The van der Waals surface area contributed by atoms with Crippen molar-refractivity contribution in [2.24, 2.45) is 0 Å². The van der Waals surface area contributed by atoms with Crippen molar-refractivity contribution in [2.45, 2.75) is 0 Å². The molecule has 0 aliphatic heterocycles. The van der Waals surface area contributed by atoms with Gasteiger partial charge in [0.05, 0.1) is 0 Å². The molecule has 0 heteroatoms. The van der Waals surface area contributed by atoms with Crippen molar-refractivity contribution < 1.29 is 0 Å². The second-order valence-corrected chi connectivity index (χ2v) is 19.9. The van der Waals surface area contributed by atoms with Gasteiger partial charge in [0.25, 0.3) is 0 Å². The summed E-state index contributed by atoms with van der Waals surface area (Å²) in [6, 6.07) is 103. The van der Waals surface area contributed by atoms with Crippen molar-refractivity contribution in [3.63, 3.8) is 0 Å². The van der Waals surface area contributed by atoms with Crippen molar-refractivity contribution in [3.05, 3.63) is 301 Å². The molecule has 76 heavy (non-hydrogen) atoms. The van der Waals surface area contributed by atoms with E-state index in [-0.39, 0.29) is 0 Å². The van der Waals surface area contributed by atoms with Crippen LogP contribution in [0.2, 0.25) is 0 Å². The van der Waals surface area contributed by atoms with Crippen LogP contribution < -0.4 is 0 Å².